The maximum Gasteiger partial charge on any atom is 0.260 e. The molecule has 0 spiro atoms. The summed E-state index contributed by atoms with van der Waals surface area (Å²) in [6.07, 6.45) is 6.68. The molecule has 1 aromatic rings. The molecule has 2 rings (SSSR count). The molecule has 0 saturated carbocycles. The van der Waals surface area contributed by atoms with E-state index in [0.717, 1.165) is 44.5 Å². The van der Waals surface area contributed by atoms with Crippen LogP contribution in [-0.4, -0.2) is 30.5 Å². The van der Waals surface area contributed by atoms with E-state index >= 15 is 0 Å². The quantitative estimate of drug-likeness (QED) is 0.767. The van der Waals surface area contributed by atoms with Gasteiger partial charge in [0.05, 0.1) is 0 Å². The first-order valence-electron chi connectivity index (χ1n) is 8.27. The first-order valence-corrected chi connectivity index (χ1v) is 8.27. The van der Waals surface area contributed by atoms with Crippen LogP contribution in [0.1, 0.15) is 50.7 Å². The molecule has 1 aromatic carbocycles. The predicted octanol–water partition coefficient (Wildman–Crippen LogP) is 3.59. The highest BCUT2D eigenvalue weighted by Crippen LogP contribution is 2.29. The Morgan fingerprint density at radius 3 is 2.57 bits per heavy atom. The van der Waals surface area contributed by atoms with Gasteiger partial charge in [0.15, 0.2) is 6.61 Å². The standard InChI is InChI=1S/C18H27NO2/c1-3-12-19(13-4-2)18(20)14-21-17-11-7-9-15-8-5-6-10-16(15)17/h7,9,11H,3-6,8,10,12-14H2,1-2H3. The number of amides is 1. The van der Waals surface area contributed by atoms with Gasteiger partial charge >= 0.3 is 0 Å². The minimum atomic E-state index is 0.104. The highest BCUT2D eigenvalue weighted by Gasteiger charge is 2.16. The van der Waals surface area contributed by atoms with Crippen LogP contribution >= 0.6 is 0 Å². The maximum absolute atomic E-state index is 12.3. The number of hydrogen-bond donors (Lipinski definition) is 0. The van der Waals surface area contributed by atoms with E-state index in [9.17, 15) is 4.79 Å². The van der Waals surface area contributed by atoms with Gasteiger partial charge in [-0.1, -0.05) is 26.0 Å². The summed E-state index contributed by atoms with van der Waals surface area (Å²) in [5, 5.41) is 0. The van der Waals surface area contributed by atoms with Crippen molar-refractivity contribution in [1.29, 1.82) is 0 Å². The molecule has 0 unspecified atom stereocenters. The summed E-state index contributed by atoms with van der Waals surface area (Å²) in [4.78, 5) is 14.2. The van der Waals surface area contributed by atoms with Crippen molar-refractivity contribution >= 4 is 5.91 Å². The molecule has 0 N–H and O–H groups in total. The van der Waals surface area contributed by atoms with Crippen LogP contribution in [0.15, 0.2) is 18.2 Å². The lowest BCUT2D eigenvalue weighted by molar-refractivity contribution is -0.133. The molecule has 0 saturated heterocycles. The lowest BCUT2D eigenvalue weighted by atomic mass is 9.91. The Kier molecular flexibility index (Phi) is 6.09. The largest absolute Gasteiger partial charge is 0.483 e. The van der Waals surface area contributed by atoms with E-state index < -0.39 is 0 Å². The minimum Gasteiger partial charge on any atom is -0.483 e. The number of hydrogen-bond acceptors (Lipinski definition) is 2. The number of nitrogens with zero attached hydrogens (tertiary/aromatic N) is 1. The molecule has 1 amide bonds. The third-order valence-corrected chi connectivity index (χ3v) is 4.04. The average Bonchev–Trinajstić information content (AvgIpc) is 2.52. The van der Waals surface area contributed by atoms with Crippen molar-refractivity contribution in [2.24, 2.45) is 0 Å². The van der Waals surface area contributed by atoms with Crippen LogP contribution in [0.5, 0.6) is 5.75 Å². The molecule has 3 nitrogen and oxygen atoms in total. The Balaban J connectivity index is 1.97. The summed E-state index contributed by atoms with van der Waals surface area (Å²) in [6, 6.07) is 6.23. The first-order chi connectivity index (χ1) is 10.3. The van der Waals surface area contributed by atoms with Crippen LogP contribution in [0, 0.1) is 0 Å². The highest BCUT2D eigenvalue weighted by molar-refractivity contribution is 5.77. The Bertz CT molecular complexity index is 464. The third kappa shape index (κ3) is 4.23. The Labute approximate surface area is 128 Å². The van der Waals surface area contributed by atoms with E-state index in [-0.39, 0.29) is 12.5 Å². The average molecular weight is 289 g/mol. The van der Waals surface area contributed by atoms with Crippen molar-refractivity contribution in [2.45, 2.75) is 52.4 Å². The molecule has 0 aliphatic heterocycles. The summed E-state index contributed by atoms with van der Waals surface area (Å²) in [6.45, 7) is 6.01. The van der Waals surface area contributed by atoms with Gasteiger partial charge in [-0.15, -0.1) is 0 Å². The number of ether oxygens (including phenoxy) is 1. The maximum atomic E-state index is 12.3. The molecule has 0 fully saturated rings. The second-order valence-electron chi connectivity index (χ2n) is 5.77. The van der Waals surface area contributed by atoms with Gasteiger partial charge in [0, 0.05) is 13.1 Å². The van der Waals surface area contributed by atoms with E-state index in [2.05, 4.69) is 19.9 Å². The fraction of sp³-hybridized carbons (Fsp3) is 0.611. The second-order valence-corrected chi connectivity index (χ2v) is 5.77. The molecule has 1 aliphatic carbocycles. The van der Waals surface area contributed by atoms with Crippen LogP contribution < -0.4 is 4.74 Å². The second kappa shape index (κ2) is 8.06. The van der Waals surface area contributed by atoms with Crippen LogP contribution in [0.3, 0.4) is 0 Å². The predicted molar refractivity (Wildman–Crippen MR) is 85.7 cm³/mol. The zero-order chi connectivity index (χ0) is 15.1. The minimum absolute atomic E-state index is 0.104. The molecule has 0 heterocycles. The number of aryl methyl sites for hydroxylation is 1. The van der Waals surface area contributed by atoms with Crippen molar-refractivity contribution in [2.75, 3.05) is 19.7 Å². The van der Waals surface area contributed by atoms with Crippen LogP contribution in [0.2, 0.25) is 0 Å². The lowest BCUT2D eigenvalue weighted by Gasteiger charge is -2.23. The number of fused-ring (bicyclic) bond motifs is 1. The summed E-state index contributed by atoms with van der Waals surface area (Å²) in [7, 11) is 0. The third-order valence-electron chi connectivity index (χ3n) is 4.04. The molecule has 1 aliphatic rings. The topological polar surface area (TPSA) is 29.5 Å². The van der Waals surface area contributed by atoms with E-state index in [1.165, 1.54) is 24.0 Å². The molecule has 0 aromatic heterocycles. The molecular formula is C18H27NO2. The van der Waals surface area contributed by atoms with Gasteiger partial charge in [0.1, 0.15) is 5.75 Å². The van der Waals surface area contributed by atoms with Gasteiger partial charge < -0.3 is 9.64 Å². The van der Waals surface area contributed by atoms with Gasteiger partial charge in [0.2, 0.25) is 0 Å². The monoisotopic (exact) mass is 289 g/mol. The Morgan fingerprint density at radius 2 is 1.86 bits per heavy atom. The van der Waals surface area contributed by atoms with Gasteiger partial charge in [-0.3, -0.25) is 4.79 Å². The van der Waals surface area contributed by atoms with Crippen molar-refractivity contribution in [3.63, 3.8) is 0 Å². The normalized spacial score (nSPS) is 13.6. The molecule has 0 atom stereocenters. The molecule has 0 bridgehead atoms. The van der Waals surface area contributed by atoms with Crippen molar-refractivity contribution in [3.05, 3.63) is 29.3 Å². The van der Waals surface area contributed by atoms with Crippen molar-refractivity contribution in [1.82, 2.24) is 4.90 Å². The highest BCUT2D eigenvalue weighted by atomic mass is 16.5. The van der Waals surface area contributed by atoms with E-state index in [1.807, 2.05) is 17.0 Å². The van der Waals surface area contributed by atoms with Crippen molar-refractivity contribution < 1.29 is 9.53 Å². The number of rotatable bonds is 7. The Hall–Kier alpha value is -1.51. The fourth-order valence-corrected chi connectivity index (χ4v) is 3.01. The van der Waals surface area contributed by atoms with Gasteiger partial charge in [-0.05, 0) is 55.7 Å². The number of carbonyl (C=O) groups is 1. The fourth-order valence-electron chi connectivity index (χ4n) is 3.01. The summed E-state index contributed by atoms with van der Waals surface area (Å²) >= 11 is 0. The number of carbonyl (C=O) groups excluding carboxylic acids is 1. The zero-order valence-electron chi connectivity index (χ0n) is 13.4. The van der Waals surface area contributed by atoms with Gasteiger partial charge in [-0.25, -0.2) is 0 Å². The number of benzene rings is 1. The summed E-state index contributed by atoms with van der Waals surface area (Å²) in [5.41, 5.74) is 2.71. The summed E-state index contributed by atoms with van der Waals surface area (Å²) in [5.74, 6) is 1.01. The van der Waals surface area contributed by atoms with Crippen LogP contribution in [0.25, 0.3) is 0 Å². The van der Waals surface area contributed by atoms with Crippen LogP contribution in [0.4, 0.5) is 0 Å². The summed E-state index contributed by atoms with van der Waals surface area (Å²) < 4.78 is 5.85. The zero-order valence-corrected chi connectivity index (χ0v) is 13.4. The van der Waals surface area contributed by atoms with Crippen LogP contribution in [-0.2, 0) is 17.6 Å². The smallest absolute Gasteiger partial charge is 0.260 e. The molecule has 21 heavy (non-hydrogen) atoms. The van der Waals surface area contributed by atoms with E-state index in [0.29, 0.717) is 0 Å². The molecular weight excluding hydrogens is 262 g/mol. The van der Waals surface area contributed by atoms with Gasteiger partial charge in [-0.2, -0.15) is 0 Å². The van der Waals surface area contributed by atoms with E-state index in [4.69, 9.17) is 4.74 Å². The van der Waals surface area contributed by atoms with Crippen molar-refractivity contribution in [3.8, 4) is 5.75 Å². The van der Waals surface area contributed by atoms with Gasteiger partial charge in [0.25, 0.3) is 5.91 Å². The molecule has 116 valence electrons. The lowest BCUT2D eigenvalue weighted by Crippen LogP contribution is -2.36. The SMILES string of the molecule is CCCN(CCC)C(=O)COc1cccc2c1CCCC2. The molecule has 0 radical (unpaired) electrons. The molecule has 3 heteroatoms. The van der Waals surface area contributed by atoms with E-state index in [1.54, 1.807) is 0 Å². The first kappa shape index (κ1) is 15.9. The Morgan fingerprint density at radius 1 is 1.14 bits per heavy atom.